The molecule has 130 valence electrons. The molecule has 1 aromatic heterocycles. The number of nitriles is 1. The maximum Gasteiger partial charge on any atom is 0.265 e. The van der Waals surface area contributed by atoms with E-state index in [1.54, 1.807) is 49.4 Å². The number of nitrogens with one attached hydrogen (secondary N) is 1. The molecule has 2 aromatic carbocycles. The quantitative estimate of drug-likeness (QED) is 0.728. The summed E-state index contributed by atoms with van der Waals surface area (Å²) in [6.07, 6.45) is 3.03. The van der Waals surface area contributed by atoms with Crippen LogP contribution in [0.5, 0.6) is 5.75 Å². The monoisotopic (exact) mass is 365 g/mol. The summed E-state index contributed by atoms with van der Waals surface area (Å²) in [5.41, 5.74) is 1.93. The van der Waals surface area contributed by atoms with E-state index in [1.807, 2.05) is 35.2 Å². The molecule has 1 unspecified atom stereocenters. The third-order valence-electron chi connectivity index (χ3n) is 3.77. The summed E-state index contributed by atoms with van der Waals surface area (Å²) in [7, 11) is 0. The highest BCUT2D eigenvalue weighted by molar-refractivity contribution is 6.31. The fourth-order valence-corrected chi connectivity index (χ4v) is 2.59. The van der Waals surface area contributed by atoms with Crippen molar-refractivity contribution in [3.63, 3.8) is 0 Å². The van der Waals surface area contributed by atoms with E-state index in [-0.39, 0.29) is 5.91 Å². The van der Waals surface area contributed by atoms with Gasteiger partial charge in [0.25, 0.3) is 5.91 Å². The molecule has 0 saturated heterocycles. The summed E-state index contributed by atoms with van der Waals surface area (Å²) < 4.78 is 7.52. The van der Waals surface area contributed by atoms with Crippen LogP contribution in [0.2, 0.25) is 5.02 Å². The van der Waals surface area contributed by atoms with Crippen LogP contribution < -0.4 is 10.1 Å². The average molecular weight is 366 g/mol. The molecule has 1 atom stereocenters. The normalized spacial score (nSPS) is 11.4. The molecule has 0 fully saturated rings. The Hall–Kier alpha value is -3.23. The molecule has 0 saturated carbocycles. The minimum Gasteiger partial charge on any atom is -0.481 e. The van der Waals surface area contributed by atoms with E-state index in [9.17, 15) is 4.79 Å². The summed E-state index contributed by atoms with van der Waals surface area (Å²) in [4.78, 5) is 12.5. The lowest BCUT2D eigenvalue weighted by atomic mass is 10.2. The van der Waals surface area contributed by atoms with Crippen molar-refractivity contribution in [1.82, 2.24) is 4.57 Å². The molecule has 1 N–H and O–H groups in total. The van der Waals surface area contributed by atoms with Gasteiger partial charge in [0, 0.05) is 17.4 Å². The van der Waals surface area contributed by atoms with Gasteiger partial charge in [0.05, 0.1) is 23.0 Å². The molecule has 0 radical (unpaired) electrons. The van der Waals surface area contributed by atoms with Gasteiger partial charge in [-0.05, 0) is 61.5 Å². The van der Waals surface area contributed by atoms with Gasteiger partial charge in [-0.3, -0.25) is 4.79 Å². The van der Waals surface area contributed by atoms with Crippen molar-refractivity contribution >= 4 is 23.2 Å². The van der Waals surface area contributed by atoms with Gasteiger partial charge in [-0.25, -0.2) is 0 Å². The standard InChI is InChI=1S/C20H16ClN3O2/c1-14(26-17-7-4-15(13-22)5-8-17)20(25)23-18-9-6-16(21)12-19(18)24-10-2-3-11-24/h2-12,14H,1H3,(H,23,25). The Morgan fingerprint density at radius 2 is 1.88 bits per heavy atom. The lowest BCUT2D eigenvalue weighted by Gasteiger charge is -2.17. The smallest absolute Gasteiger partial charge is 0.265 e. The van der Waals surface area contributed by atoms with Crippen LogP contribution >= 0.6 is 11.6 Å². The highest BCUT2D eigenvalue weighted by atomic mass is 35.5. The molecule has 0 bridgehead atoms. The lowest BCUT2D eigenvalue weighted by molar-refractivity contribution is -0.122. The number of anilines is 1. The zero-order valence-corrected chi connectivity index (χ0v) is 14.8. The molecule has 26 heavy (non-hydrogen) atoms. The Morgan fingerprint density at radius 3 is 2.54 bits per heavy atom. The second-order valence-corrected chi connectivity index (χ2v) is 6.07. The van der Waals surface area contributed by atoms with E-state index in [2.05, 4.69) is 5.32 Å². The van der Waals surface area contributed by atoms with E-state index in [0.29, 0.717) is 22.0 Å². The molecular formula is C20H16ClN3O2. The fourth-order valence-electron chi connectivity index (χ4n) is 2.42. The number of rotatable bonds is 5. The Labute approximate surface area is 156 Å². The molecule has 0 spiro atoms. The molecule has 0 aliphatic heterocycles. The molecule has 0 aliphatic rings. The highest BCUT2D eigenvalue weighted by Crippen LogP contribution is 2.25. The van der Waals surface area contributed by atoms with Gasteiger partial charge in [0.15, 0.2) is 6.10 Å². The van der Waals surface area contributed by atoms with Crippen LogP contribution in [0.1, 0.15) is 12.5 Å². The number of hydrogen-bond donors (Lipinski definition) is 1. The highest BCUT2D eigenvalue weighted by Gasteiger charge is 2.17. The molecule has 1 amide bonds. The van der Waals surface area contributed by atoms with Gasteiger partial charge in [-0.2, -0.15) is 5.26 Å². The molecular weight excluding hydrogens is 350 g/mol. The number of halogens is 1. The Balaban J connectivity index is 1.74. The van der Waals surface area contributed by atoms with Crippen LogP contribution in [0.3, 0.4) is 0 Å². The number of benzene rings is 2. The number of aromatic nitrogens is 1. The number of nitrogens with zero attached hydrogens (tertiary/aromatic N) is 2. The van der Waals surface area contributed by atoms with Crippen LogP contribution in [0.15, 0.2) is 67.0 Å². The van der Waals surface area contributed by atoms with Gasteiger partial charge >= 0.3 is 0 Å². The topological polar surface area (TPSA) is 67.0 Å². The molecule has 3 rings (SSSR count). The first-order valence-electron chi connectivity index (χ1n) is 7.97. The van der Waals surface area contributed by atoms with Crippen molar-refractivity contribution in [2.24, 2.45) is 0 Å². The Kier molecular flexibility index (Phi) is 5.26. The van der Waals surface area contributed by atoms with Crippen molar-refractivity contribution in [1.29, 1.82) is 5.26 Å². The summed E-state index contributed by atoms with van der Waals surface area (Å²) in [5, 5.41) is 12.3. The van der Waals surface area contributed by atoms with Gasteiger partial charge < -0.3 is 14.6 Å². The average Bonchev–Trinajstić information content (AvgIpc) is 3.18. The van der Waals surface area contributed by atoms with E-state index < -0.39 is 6.10 Å². The van der Waals surface area contributed by atoms with E-state index in [1.165, 1.54) is 0 Å². The zero-order chi connectivity index (χ0) is 18.5. The van der Waals surface area contributed by atoms with Gasteiger partial charge in [-0.15, -0.1) is 0 Å². The van der Waals surface area contributed by atoms with E-state index >= 15 is 0 Å². The summed E-state index contributed by atoms with van der Waals surface area (Å²) in [6.45, 7) is 1.67. The summed E-state index contributed by atoms with van der Waals surface area (Å²) in [6, 6.07) is 17.7. The lowest BCUT2D eigenvalue weighted by Crippen LogP contribution is -2.30. The first-order chi connectivity index (χ1) is 12.6. The summed E-state index contributed by atoms with van der Waals surface area (Å²) in [5.74, 6) is 0.235. The van der Waals surface area contributed by atoms with Gasteiger partial charge in [0.2, 0.25) is 0 Å². The fraction of sp³-hybridized carbons (Fsp3) is 0.100. The molecule has 5 nitrogen and oxygen atoms in total. The summed E-state index contributed by atoms with van der Waals surface area (Å²) >= 11 is 6.09. The van der Waals surface area contributed by atoms with Crippen LogP contribution in [0, 0.1) is 11.3 Å². The predicted molar refractivity (Wildman–Crippen MR) is 101 cm³/mol. The number of carbonyl (C=O) groups is 1. The Morgan fingerprint density at radius 1 is 1.19 bits per heavy atom. The minimum absolute atomic E-state index is 0.287. The maximum atomic E-state index is 12.5. The maximum absolute atomic E-state index is 12.5. The number of carbonyl (C=O) groups excluding carboxylic acids is 1. The predicted octanol–water partition coefficient (Wildman–Crippen LogP) is 4.41. The van der Waals surface area contributed by atoms with Crippen molar-refractivity contribution in [3.8, 4) is 17.5 Å². The first kappa shape index (κ1) is 17.6. The SMILES string of the molecule is CC(Oc1ccc(C#N)cc1)C(=O)Nc1ccc(Cl)cc1-n1cccc1. The third-order valence-corrected chi connectivity index (χ3v) is 4.00. The van der Waals surface area contributed by atoms with E-state index in [0.717, 1.165) is 5.69 Å². The number of ether oxygens (including phenoxy) is 1. The first-order valence-corrected chi connectivity index (χ1v) is 8.35. The minimum atomic E-state index is -0.712. The van der Waals surface area contributed by atoms with Crippen LogP contribution in [0.4, 0.5) is 5.69 Å². The van der Waals surface area contributed by atoms with Crippen LogP contribution in [-0.2, 0) is 4.79 Å². The zero-order valence-electron chi connectivity index (χ0n) is 14.0. The Bertz CT molecular complexity index is 944. The number of amides is 1. The van der Waals surface area contributed by atoms with E-state index in [4.69, 9.17) is 21.6 Å². The van der Waals surface area contributed by atoms with Crippen molar-refractivity contribution in [3.05, 3.63) is 77.6 Å². The molecule has 0 aliphatic carbocycles. The molecule has 6 heteroatoms. The molecule has 3 aromatic rings. The second kappa shape index (κ2) is 7.77. The van der Waals surface area contributed by atoms with Crippen molar-refractivity contribution in [2.45, 2.75) is 13.0 Å². The largest absolute Gasteiger partial charge is 0.481 e. The van der Waals surface area contributed by atoms with Crippen LogP contribution in [-0.4, -0.2) is 16.6 Å². The molecule has 1 heterocycles. The van der Waals surface area contributed by atoms with Crippen molar-refractivity contribution in [2.75, 3.05) is 5.32 Å². The van der Waals surface area contributed by atoms with Crippen molar-refractivity contribution < 1.29 is 9.53 Å². The number of hydrogen-bond acceptors (Lipinski definition) is 3. The second-order valence-electron chi connectivity index (χ2n) is 5.64. The third kappa shape index (κ3) is 4.05. The van der Waals surface area contributed by atoms with Crippen LogP contribution in [0.25, 0.3) is 5.69 Å². The van der Waals surface area contributed by atoms with Gasteiger partial charge in [0.1, 0.15) is 5.75 Å². The van der Waals surface area contributed by atoms with Gasteiger partial charge in [-0.1, -0.05) is 11.6 Å².